The topological polar surface area (TPSA) is 56.5 Å². The molecule has 2 aromatic rings. The second kappa shape index (κ2) is 6.14. The first kappa shape index (κ1) is 16.6. The summed E-state index contributed by atoms with van der Waals surface area (Å²) < 4.78 is 37.8. The van der Waals surface area contributed by atoms with Gasteiger partial charge in [0.15, 0.2) is 5.84 Å². The number of alkyl halides is 3. The lowest BCUT2D eigenvalue weighted by molar-refractivity contribution is -0.201. The highest BCUT2D eigenvalue weighted by atomic mass is 19.4. The average molecular weight is 360 g/mol. The Morgan fingerprint density at radius 3 is 2.77 bits per heavy atom. The predicted octanol–water partition coefficient (Wildman–Crippen LogP) is 3.08. The predicted molar refractivity (Wildman–Crippen MR) is 90.7 cm³/mol. The second-order valence-electron chi connectivity index (χ2n) is 6.15. The molecule has 0 atom stereocenters. The number of anilines is 1. The highest BCUT2D eigenvalue weighted by Gasteiger charge is 2.48. The molecule has 8 heteroatoms. The zero-order valence-electron chi connectivity index (χ0n) is 13.6. The number of hydrogen-bond donors (Lipinski definition) is 2. The van der Waals surface area contributed by atoms with Crippen molar-refractivity contribution in [2.24, 2.45) is 5.10 Å². The first-order valence-electron chi connectivity index (χ1n) is 8.12. The normalized spacial score (nSPS) is 16.0. The maximum absolute atomic E-state index is 12.6. The first-order chi connectivity index (χ1) is 12.4. The molecule has 0 saturated heterocycles. The SMILES string of the molecule is O=C(Nc1ccc2c(c1)CNCC2)c1cccc(C2=NN2C(F)(F)F)c1. The number of halogens is 3. The lowest BCUT2D eigenvalue weighted by atomic mass is 10.0. The Hall–Kier alpha value is -2.87. The number of fused-ring (bicyclic) bond motifs is 1. The summed E-state index contributed by atoms with van der Waals surface area (Å²) in [4.78, 5) is 12.5. The van der Waals surface area contributed by atoms with E-state index < -0.39 is 6.30 Å². The van der Waals surface area contributed by atoms with Gasteiger partial charge in [-0.25, -0.2) is 0 Å². The van der Waals surface area contributed by atoms with Gasteiger partial charge >= 0.3 is 6.30 Å². The molecule has 0 unspecified atom stereocenters. The van der Waals surface area contributed by atoms with E-state index in [1.807, 2.05) is 18.2 Å². The van der Waals surface area contributed by atoms with Crippen LogP contribution in [0.3, 0.4) is 0 Å². The molecule has 2 heterocycles. The highest BCUT2D eigenvalue weighted by molar-refractivity contribution is 6.09. The summed E-state index contributed by atoms with van der Waals surface area (Å²) in [5.74, 6) is -0.567. The monoisotopic (exact) mass is 360 g/mol. The molecule has 0 fully saturated rings. The van der Waals surface area contributed by atoms with Gasteiger partial charge < -0.3 is 10.6 Å². The van der Waals surface area contributed by atoms with Gasteiger partial charge in [0.2, 0.25) is 0 Å². The van der Waals surface area contributed by atoms with Crippen molar-refractivity contribution in [3.8, 4) is 0 Å². The van der Waals surface area contributed by atoms with E-state index in [9.17, 15) is 18.0 Å². The van der Waals surface area contributed by atoms with Gasteiger partial charge in [-0.2, -0.15) is 0 Å². The minimum Gasteiger partial charge on any atom is -0.322 e. The third-order valence-corrected chi connectivity index (χ3v) is 4.33. The van der Waals surface area contributed by atoms with Crippen molar-refractivity contribution in [2.45, 2.75) is 19.3 Å². The van der Waals surface area contributed by atoms with Crippen LogP contribution in [0, 0.1) is 0 Å². The Labute approximate surface area is 147 Å². The molecule has 134 valence electrons. The van der Waals surface area contributed by atoms with E-state index >= 15 is 0 Å². The Morgan fingerprint density at radius 1 is 1.15 bits per heavy atom. The molecule has 0 aromatic heterocycles. The molecular formula is C18H15F3N4O. The number of nitrogens with one attached hydrogen (secondary N) is 2. The van der Waals surface area contributed by atoms with Gasteiger partial charge in [0.25, 0.3) is 5.91 Å². The van der Waals surface area contributed by atoms with Crippen LogP contribution >= 0.6 is 0 Å². The standard InChI is InChI=1S/C18H15F3N4O/c19-18(20,21)25-16(24-25)12-2-1-3-13(8-12)17(26)23-15-5-4-11-6-7-22-10-14(11)9-15/h1-5,8-9,22H,6-7,10H2,(H,23,26). The van der Waals surface area contributed by atoms with Gasteiger partial charge in [-0.15, -0.1) is 23.3 Å². The lowest BCUT2D eigenvalue weighted by Crippen LogP contribution is -2.25. The number of nitrogens with zero attached hydrogens (tertiary/aromatic N) is 2. The number of hydrogen-bond acceptors (Lipinski definition) is 4. The lowest BCUT2D eigenvalue weighted by Gasteiger charge is -2.18. The van der Waals surface area contributed by atoms with Gasteiger partial charge in [-0.1, -0.05) is 18.2 Å². The fourth-order valence-corrected chi connectivity index (χ4v) is 2.99. The molecule has 0 bridgehead atoms. The van der Waals surface area contributed by atoms with Gasteiger partial charge in [0, 0.05) is 23.4 Å². The van der Waals surface area contributed by atoms with Gasteiger partial charge in [0.1, 0.15) is 0 Å². The molecule has 5 nitrogen and oxygen atoms in total. The van der Waals surface area contributed by atoms with Gasteiger partial charge in [-0.3, -0.25) is 4.79 Å². The van der Waals surface area contributed by atoms with Crippen LogP contribution in [0.4, 0.5) is 18.9 Å². The van der Waals surface area contributed by atoms with Crippen molar-refractivity contribution in [3.63, 3.8) is 0 Å². The van der Waals surface area contributed by atoms with Crippen LogP contribution in [0.1, 0.15) is 27.0 Å². The number of amidine groups is 1. The zero-order valence-corrected chi connectivity index (χ0v) is 13.6. The molecule has 2 aliphatic rings. The minimum absolute atomic E-state index is 0.0134. The van der Waals surface area contributed by atoms with Gasteiger partial charge in [-0.05, 0) is 48.4 Å². The van der Waals surface area contributed by atoms with E-state index in [4.69, 9.17) is 0 Å². The van der Waals surface area contributed by atoms with Crippen molar-refractivity contribution < 1.29 is 18.0 Å². The van der Waals surface area contributed by atoms with Crippen LogP contribution in [-0.2, 0) is 13.0 Å². The Kier molecular flexibility index (Phi) is 3.91. The first-order valence-corrected chi connectivity index (χ1v) is 8.12. The molecule has 4 rings (SSSR count). The fraction of sp³-hybridized carbons (Fsp3) is 0.222. The van der Waals surface area contributed by atoms with Crippen molar-refractivity contribution in [3.05, 3.63) is 64.7 Å². The van der Waals surface area contributed by atoms with Crippen molar-refractivity contribution in [2.75, 3.05) is 11.9 Å². The summed E-state index contributed by atoms with van der Waals surface area (Å²) >= 11 is 0. The number of rotatable bonds is 3. The van der Waals surface area contributed by atoms with Crippen LogP contribution in [0.15, 0.2) is 47.6 Å². The van der Waals surface area contributed by atoms with Crippen LogP contribution in [0.5, 0.6) is 0 Å². The van der Waals surface area contributed by atoms with Crippen molar-refractivity contribution in [1.29, 1.82) is 0 Å². The zero-order chi connectivity index (χ0) is 18.3. The van der Waals surface area contributed by atoms with Crippen LogP contribution < -0.4 is 10.6 Å². The number of carbonyl (C=O) groups excluding carboxylic acids is 1. The number of carbonyl (C=O) groups is 1. The third-order valence-electron chi connectivity index (χ3n) is 4.33. The van der Waals surface area contributed by atoms with E-state index in [0.29, 0.717) is 5.69 Å². The largest absolute Gasteiger partial charge is 0.506 e. The summed E-state index contributed by atoms with van der Waals surface area (Å²) in [6, 6.07) is 11.7. The summed E-state index contributed by atoms with van der Waals surface area (Å²) in [5.41, 5.74) is 3.57. The summed E-state index contributed by atoms with van der Waals surface area (Å²) in [6.07, 6.45) is -3.59. The second-order valence-corrected chi connectivity index (χ2v) is 6.15. The number of amides is 1. The van der Waals surface area contributed by atoms with E-state index in [0.717, 1.165) is 25.1 Å². The third kappa shape index (κ3) is 3.28. The van der Waals surface area contributed by atoms with Crippen LogP contribution in [0.25, 0.3) is 0 Å². The molecule has 0 saturated carbocycles. The minimum atomic E-state index is -4.54. The maximum atomic E-state index is 12.6. The Balaban J connectivity index is 1.49. The molecule has 2 aromatic carbocycles. The van der Waals surface area contributed by atoms with Crippen LogP contribution in [-0.4, -0.2) is 29.6 Å². The number of benzene rings is 2. The maximum Gasteiger partial charge on any atom is 0.506 e. The van der Waals surface area contributed by atoms with E-state index in [-0.39, 0.29) is 27.9 Å². The van der Waals surface area contributed by atoms with Crippen molar-refractivity contribution in [1.82, 2.24) is 10.3 Å². The Bertz CT molecular complexity index is 908. The smallest absolute Gasteiger partial charge is 0.322 e. The molecule has 2 aliphatic heterocycles. The van der Waals surface area contributed by atoms with E-state index in [1.54, 1.807) is 6.07 Å². The molecule has 26 heavy (non-hydrogen) atoms. The molecule has 1 amide bonds. The molecule has 2 N–H and O–H groups in total. The van der Waals surface area contributed by atoms with E-state index in [1.165, 1.54) is 23.8 Å². The van der Waals surface area contributed by atoms with E-state index in [2.05, 4.69) is 15.7 Å². The molecule has 0 spiro atoms. The molecule has 0 radical (unpaired) electrons. The summed E-state index contributed by atoms with van der Waals surface area (Å²) in [5, 5.41) is 9.37. The molecular weight excluding hydrogens is 345 g/mol. The quantitative estimate of drug-likeness (QED) is 0.827. The summed E-state index contributed by atoms with van der Waals surface area (Å²) in [6.45, 7) is 1.69. The van der Waals surface area contributed by atoms with Crippen molar-refractivity contribution >= 4 is 17.4 Å². The fourth-order valence-electron chi connectivity index (χ4n) is 2.99. The highest BCUT2D eigenvalue weighted by Crippen LogP contribution is 2.32. The van der Waals surface area contributed by atoms with Crippen LogP contribution in [0.2, 0.25) is 0 Å². The number of hydrazone groups is 1. The molecule has 0 aliphatic carbocycles. The Morgan fingerprint density at radius 2 is 2.00 bits per heavy atom. The average Bonchev–Trinajstić information content (AvgIpc) is 3.43. The van der Waals surface area contributed by atoms with Gasteiger partial charge in [0.05, 0.1) is 0 Å². The summed E-state index contributed by atoms with van der Waals surface area (Å²) in [7, 11) is 0.